The van der Waals surface area contributed by atoms with Gasteiger partial charge in [-0.15, -0.1) is 0 Å². The predicted octanol–water partition coefficient (Wildman–Crippen LogP) is 1.93. The third-order valence-electron chi connectivity index (χ3n) is 3.27. The van der Waals surface area contributed by atoms with Crippen LogP contribution in [0.1, 0.15) is 15.9 Å². The number of benzene rings is 2. The summed E-state index contributed by atoms with van der Waals surface area (Å²) < 4.78 is 15.3. The van der Waals surface area contributed by atoms with Crippen molar-refractivity contribution in [2.24, 2.45) is 5.10 Å². The van der Waals surface area contributed by atoms with E-state index in [-0.39, 0.29) is 0 Å². The number of ether oxygens (including phenoxy) is 3. The number of hydrogen-bond donors (Lipinski definition) is 2. The molecule has 0 heterocycles. The van der Waals surface area contributed by atoms with Crippen LogP contribution < -0.4 is 19.6 Å². The van der Waals surface area contributed by atoms with Crippen molar-refractivity contribution >= 4 is 18.1 Å². The van der Waals surface area contributed by atoms with E-state index in [1.54, 1.807) is 42.5 Å². The maximum absolute atomic E-state index is 12.1. The molecule has 0 aliphatic carbocycles. The Labute approximate surface area is 150 Å². The van der Waals surface area contributed by atoms with Gasteiger partial charge in [-0.3, -0.25) is 4.79 Å². The molecular formula is C18H18N2O6. The zero-order valence-electron chi connectivity index (χ0n) is 14.3. The second kappa shape index (κ2) is 9.07. The summed E-state index contributed by atoms with van der Waals surface area (Å²) in [5.74, 6) is -0.0464. The molecule has 0 atom stereocenters. The van der Waals surface area contributed by atoms with Crippen molar-refractivity contribution in [3.8, 4) is 17.2 Å². The first kappa shape index (κ1) is 18.8. The van der Waals surface area contributed by atoms with E-state index in [1.165, 1.54) is 20.4 Å². The number of rotatable bonds is 8. The van der Waals surface area contributed by atoms with Crippen LogP contribution >= 0.6 is 0 Å². The Bertz CT molecular complexity index is 802. The molecule has 8 nitrogen and oxygen atoms in total. The van der Waals surface area contributed by atoms with Crippen LogP contribution in [0.15, 0.2) is 47.6 Å². The lowest BCUT2D eigenvalue weighted by Gasteiger charge is -2.08. The lowest BCUT2D eigenvalue weighted by atomic mass is 10.2. The SMILES string of the molecule is COc1ccc(C(=O)NN=Cc2ccc(OCC(=O)O)cc2)cc1OC. The Morgan fingerprint density at radius 2 is 1.77 bits per heavy atom. The molecule has 0 saturated heterocycles. The highest BCUT2D eigenvalue weighted by Gasteiger charge is 2.09. The number of carbonyl (C=O) groups is 2. The Hall–Kier alpha value is -3.55. The summed E-state index contributed by atoms with van der Waals surface area (Å²) in [6.07, 6.45) is 1.46. The van der Waals surface area contributed by atoms with E-state index in [0.29, 0.717) is 28.4 Å². The molecule has 136 valence electrons. The van der Waals surface area contributed by atoms with Gasteiger partial charge in [0.05, 0.1) is 20.4 Å². The molecule has 0 bridgehead atoms. The topological polar surface area (TPSA) is 106 Å². The Morgan fingerprint density at radius 3 is 2.38 bits per heavy atom. The standard InChI is InChI=1S/C18H18N2O6/c1-24-15-8-5-13(9-16(15)25-2)18(23)20-19-10-12-3-6-14(7-4-12)26-11-17(21)22/h3-10H,11H2,1-2H3,(H,20,23)(H,21,22). The molecule has 0 radical (unpaired) electrons. The minimum Gasteiger partial charge on any atom is -0.493 e. The average Bonchev–Trinajstić information content (AvgIpc) is 2.66. The highest BCUT2D eigenvalue weighted by Crippen LogP contribution is 2.27. The molecule has 1 amide bonds. The summed E-state index contributed by atoms with van der Waals surface area (Å²) in [6.45, 7) is -0.408. The number of nitrogens with zero attached hydrogens (tertiary/aromatic N) is 1. The van der Waals surface area contributed by atoms with E-state index in [0.717, 1.165) is 0 Å². The third-order valence-corrected chi connectivity index (χ3v) is 3.27. The number of carboxylic acid groups (broad SMARTS) is 1. The van der Waals surface area contributed by atoms with E-state index in [9.17, 15) is 9.59 Å². The number of nitrogens with one attached hydrogen (secondary N) is 1. The van der Waals surface area contributed by atoms with Crippen LogP contribution in [0.25, 0.3) is 0 Å². The van der Waals surface area contributed by atoms with Crippen LogP contribution in [-0.2, 0) is 4.79 Å². The number of carboxylic acids is 1. The Morgan fingerprint density at radius 1 is 1.08 bits per heavy atom. The van der Waals surface area contributed by atoms with E-state index in [2.05, 4.69) is 10.5 Å². The molecular weight excluding hydrogens is 340 g/mol. The fraction of sp³-hybridized carbons (Fsp3) is 0.167. The minimum atomic E-state index is -1.05. The summed E-state index contributed by atoms with van der Waals surface area (Å²) in [6, 6.07) is 11.4. The molecule has 2 aromatic rings. The highest BCUT2D eigenvalue weighted by atomic mass is 16.5. The van der Waals surface area contributed by atoms with E-state index in [1.807, 2.05) is 0 Å². The average molecular weight is 358 g/mol. The summed E-state index contributed by atoms with van der Waals surface area (Å²) >= 11 is 0. The number of hydrazone groups is 1. The lowest BCUT2D eigenvalue weighted by Crippen LogP contribution is -2.17. The second-order valence-corrected chi connectivity index (χ2v) is 5.02. The molecule has 26 heavy (non-hydrogen) atoms. The van der Waals surface area contributed by atoms with Gasteiger partial charge in [0, 0.05) is 5.56 Å². The first-order valence-corrected chi connectivity index (χ1v) is 7.53. The summed E-state index contributed by atoms with van der Waals surface area (Å²) in [5, 5.41) is 12.4. The van der Waals surface area contributed by atoms with Crippen LogP contribution in [0.4, 0.5) is 0 Å². The van der Waals surface area contributed by atoms with Crippen molar-refractivity contribution in [1.29, 1.82) is 0 Å². The van der Waals surface area contributed by atoms with Crippen molar-refractivity contribution in [3.05, 3.63) is 53.6 Å². The van der Waals surface area contributed by atoms with E-state index >= 15 is 0 Å². The summed E-state index contributed by atoms with van der Waals surface area (Å²) in [7, 11) is 3.00. The van der Waals surface area contributed by atoms with Crippen molar-refractivity contribution in [2.75, 3.05) is 20.8 Å². The van der Waals surface area contributed by atoms with Gasteiger partial charge < -0.3 is 19.3 Å². The van der Waals surface area contributed by atoms with Gasteiger partial charge >= 0.3 is 5.97 Å². The quantitative estimate of drug-likeness (QED) is 0.552. The molecule has 0 saturated carbocycles. The maximum atomic E-state index is 12.1. The van der Waals surface area contributed by atoms with Crippen molar-refractivity contribution in [2.45, 2.75) is 0 Å². The molecule has 0 aliphatic heterocycles. The fourth-order valence-corrected chi connectivity index (χ4v) is 2.00. The first-order valence-electron chi connectivity index (χ1n) is 7.53. The van der Waals surface area contributed by atoms with Crippen LogP contribution in [-0.4, -0.2) is 44.0 Å². The monoisotopic (exact) mass is 358 g/mol. The number of aliphatic carboxylic acids is 1. The molecule has 0 unspecified atom stereocenters. The Kier molecular flexibility index (Phi) is 6.55. The van der Waals surface area contributed by atoms with Crippen LogP contribution in [0.5, 0.6) is 17.2 Å². The zero-order valence-corrected chi connectivity index (χ0v) is 14.3. The van der Waals surface area contributed by atoms with Gasteiger partial charge in [0.1, 0.15) is 5.75 Å². The van der Waals surface area contributed by atoms with Gasteiger partial charge in [0.15, 0.2) is 18.1 Å². The van der Waals surface area contributed by atoms with Gasteiger partial charge in [0.25, 0.3) is 5.91 Å². The molecule has 0 fully saturated rings. The second-order valence-electron chi connectivity index (χ2n) is 5.02. The summed E-state index contributed by atoms with van der Waals surface area (Å²) in [4.78, 5) is 22.5. The van der Waals surface area contributed by atoms with Gasteiger partial charge in [0.2, 0.25) is 0 Å². The van der Waals surface area contributed by atoms with Gasteiger partial charge in [-0.2, -0.15) is 5.10 Å². The first-order chi connectivity index (χ1) is 12.5. The normalized spacial score (nSPS) is 10.4. The number of amides is 1. The van der Waals surface area contributed by atoms with Crippen LogP contribution in [0, 0.1) is 0 Å². The van der Waals surface area contributed by atoms with Gasteiger partial charge in [-0.05, 0) is 48.0 Å². The van der Waals surface area contributed by atoms with Crippen LogP contribution in [0.3, 0.4) is 0 Å². The molecule has 0 spiro atoms. The molecule has 2 aromatic carbocycles. The Balaban J connectivity index is 1.95. The van der Waals surface area contributed by atoms with Crippen molar-refractivity contribution < 1.29 is 28.9 Å². The fourth-order valence-electron chi connectivity index (χ4n) is 2.00. The van der Waals surface area contributed by atoms with Gasteiger partial charge in [-0.1, -0.05) is 0 Å². The highest BCUT2D eigenvalue weighted by molar-refractivity contribution is 5.95. The van der Waals surface area contributed by atoms with E-state index in [4.69, 9.17) is 19.3 Å². The predicted molar refractivity (Wildman–Crippen MR) is 94.2 cm³/mol. The molecule has 8 heteroatoms. The number of carbonyl (C=O) groups excluding carboxylic acids is 1. The van der Waals surface area contributed by atoms with Crippen molar-refractivity contribution in [1.82, 2.24) is 5.43 Å². The van der Waals surface area contributed by atoms with E-state index < -0.39 is 18.5 Å². The molecule has 2 rings (SSSR count). The largest absolute Gasteiger partial charge is 0.493 e. The maximum Gasteiger partial charge on any atom is 0.341 e. The summed E-state index contributed by atoms with van der Waals surface area (Å²) in [5.41, 5.74) is 3.50. The third kappa shape index (κ3) is 5.23. The number of methoxy groups -OCH3 is 2. The molecule has 0 aromatic heterocycles. The molecule has 2 N–H and O–H groups in total. The molecule has 0 aliphatic rings. The van der Waals surface area contributed by atoms with Gasteiger partial charge in [-0.25, -0.2) is 10.2 Å². The smallest absolute Gasteiger partial charge is 0.341 e. The van der Waals surface area contributed by atoms with Crippen LogP contribution in [0.2, 0.25) is 0 Å². The lowest BCUT2D eigenvalue weighted by molar-refractivity contribution is -0.139. The zero-order chi connectivity index (χ0) is 18.9. The van der Waals surface area contributed by atoms with Crippen molar-refractivity contribution in [3.63, 3.8) is 0 Å². The number of hydrogen-bond acceptors (Lipinski definition) is 6. The minimum absolute atomic E-state index is 0.372.